The quantitative estimate of drug-likeness (QED) is 0.664. The van der Waals surface area contributed by atoms with Crippen molar-refractivity contribution in [1.82, 2.24) is 4.98 Å². The van der Waals surface area contributed by atoms with Gasteiger partial charge in [0, 0.05) is 6.20 Å². The molecule has 1 aromatic heterocycles. The number of rotatable bonds is 2. The highest BCUT2D eigenvalue weighted by Crippen LogP contribution is 2.34. The molecule has 0 aliphatic heterocycles. The van der Waals surface area contributed by atoms with Crippen LogP contribution >= 0.6 is 0 Å². The van der Waals surface area contributed by atoms with Crippen LogP contribution in [0.25, 0.3) is 0 Å². The van der Waals surface area contributed by atoms with Crippen LogP contribution in [0.1, 0.15) is 15.9 Å². The van der Waals surface area contributed by atoms with Crippen molar-refractivity contribution in [2.75, 3.05) is 0 Å². The van der Waals surface area contributed by atoms with Crippen LogP contribution in [0.5, 0.6) is 5.88 Å². The maximum Gasteiger partial charge on any atom is 0.574 e. The lowest BCUT2D eigenvalue weighted by atomic mass is 10.2. The first kappa shape index (κ1) is 14.1. The maximum atomic E-state index is 12.4. The summed E-state index contributed by atoms with van der Waals surface area (Å²) in [5.41, 5.74) is -5.07. The highest BCUT2D eigenvalue weighted by Gasteiger charge is 2.42. The molecular weight excluding hydrogens is 272 g/mol. The number of aldehydes is 1. The third-order valence-electron chi connectivity index (χ3n) is 1.70. The second kappa shape index (κ2) is 4.35. The third kappa shape index (κ3) is 3.02. The summed E-state index contributed by atoms with van der Waals surface area (Å²) in [5.74, 6) is -1.81. The zero-order chi connectivity index (χ0) is 14.1. The zero-order valence-electron chi connectivity index (χ0n) is 8.15. The summed E-state index contributed by atoms with van der Waals surface area (Å²) < 4.78 is 75.8. The van der Waals surface area contributed by atoms with Gasteiger partial charge in [0.1, 0.15) is 0 Å². The Morgan fingerprint density at radius 1 is 1.17 bits per heavy atom. The van der Waals surface area contributed by atoms with Gasteiger partial charge in [0.25, 0.3) is 0 Å². The molecule has 1 rings (SSSR count). The fraction of sp³-hybridized carbons (Fsp3) is 0.250. The van der Waals surface area contributed by atoms with Crippen LogP contribution in [0.4, 0.5) is 26.3 Å². The molecule has 0 atom stereocenters. The van der Waals surface area contributed by atoms with Crippen LogP contribution in [0, 0.1) is 0 Å². The number of alkyl halides is 6. The SMILES string of the molecule is O=Cc1c[nH]c(OC(F)(F)F)c(C(F)(F)F)c1=O. The number of hydrogen-bond acceptors (Lipinski definition) is 3. The molecular formula is C8H3F6NO3. The van der Waals surface area contributed by atoms with Crippen molar-refractivity contribution in [2.24, 2.45) is 0 Å². The zero-order valence-corrected chi connectivity index (χ0v) is 8.15. The lowest BCUT2D eigenvalue weighted by Gasteiger charge is -2.14. The fourth-order valence-corrected chi connectivity index (χ4v) is 1.07. The minimum atomic E-state index is -5.41. The van der Waals surface area contributed by atoms with E-state index in [4.69, 9.17) is 0 Å². The van der Waals surface area contributed by atoms with Gasteiger partial charge >= 0.3 is 12.5 Å². The number of aromatic nitrogens is 1. The Morgan fingerprint density at radius 3 is 2.11 bits per heavy atom. The average molecular weight is 275 g/mol. The Morgan fingerprint density at radius 2 is 1.72 bits per heavy atom. The maximum absolute atomic E-state index is 12.4. The largest absolute Gasteiger partial charge is 0.574 e. The summed E-state index contributed by atoms with van der Waals surface area (Å²) >= 11 is 0. The van der Waals surface area contributed by atoms with E-state index in [9.17, 15) is 35.9 Å². The number of aromatic amines is 1. The molecule has 0 unspecified atom stereocenters. The first-order chi connectivity index (χ1) is 8.06. The van der Waals surface area contributed by atoms with Gasteiger partial charge in [-0.2, -0.15) is 13.2 Å². The summed E-state index contributed by atoms with van der Waals surface area (Å²) in [6, 6.07) is 0. The molecule has 0 saturated heterocycles. The van der Waals surface area contributed by atoms with Crippen molar-refractivity contribution >= 4 is 6.29 Å². The average Bonchev–Trinajstić information content (AvgIpc) is 2.13. The van der Waals surface area contributed by atoms with Crippen LogP contribution < -0.4 is 10.2 Å². The second-order valence-corrected chi connectivity index (χ2v) is 2.94. The molecule has 1 heterocycles. The first-order valence-corrected chi connectivity index (χ1v) is 4.10. The van der Waals surface area contributed by atoms with Crippen molar-refractivity contribution in [3.05, 3.63) is 27.5 Å². The molecule has 0 saturated carbocycles. The fourth-order valence-electron chi connectivity index (χ4n) is 1.07. The molecule has 18 heavy (non-hydrogen) atoms. The number of hydrogen-bond donors (Lipinski definition) is 1. The van der Waals surface area contributed by atoms with Crippen molar-refractivity contribution < 1.29 is 35.9 Å². The van der Waals surface area contributed by atoms with Gasteiger partial charge in [-0.25, -0.2) is 0 Å². The Hall–Kier alpha value is -2.00. The monoisotopic (exact) mass is 275 g/mol. The van der Waals surface area contributed by atoms with Gasteiger partial charge in [0.05, 0.1) is 5.56 Å². The first-order valence-electron chi connectivity index (χ1n) is 4.10. The Bertz CT molecular complexity index is 515. The highest BCUT2D eigenvalue weighted by molar-refractivity contribution is 5.74. The number of ether oxygens (including phenoxy) is 1. The summed E-state index contributed by atoms with van der Waals surface area (Å²) in [5, 5.41) is 0. The number of carbonyl (C=O) groups is 1. The molecule has 0 fully saturated rings. The van der Waals surface area contributed by atoms with Crippen molar-refractivity contribution in [3.8, 4) is 5.88 Å². The van der Waals surface area contributed by atoms with Crippen molar-refractivity contribution in [1.29, 1.82) is 0 Å². The van der Waals surface area contributed by atoms with Crippen LogP contribution in [0.15, 0.2) is 11.0 Å². The van der Waals surface area contributed by atoms with E-state index in [1.165, 1.54) is 4.98 Å². The number of H-pyrrole nitrogens is 1. The van der Waals surface area contributed by atoms with Crippen LogP contribution in [0.2, 0.25) is 0 Å². The van der Waals surface area contributed by atoms with Gasteiger partial charge in [-0.1, -0.05) is 0 Å². The minimum absolute atomic E-state index is 0.217. The summed E-state index contributed by atoms with van der Waals surface area (Å²) in [4.78, 5) is 22.9. The number of halogens is 6. The van der Waals surface area contributed by atoms with E-state index in [1.807, 2.05) is 0 Å². The summed E-state index contributed by atoms with van der Waals surface area (Å²) in [6.07, 6.45) is -10.6. The van der Waals surface area contributed by atoms with Crippen LogP contribution in [-0.2, 0) is 6.18 Å². The lowest BCUT2D eigenvalue weighted by Crippen LogP contribution is -2.28. The minimum Gasteiger partial charge on any atom is -0.389 e. The van der Waals surface area contributed by atoms with Crippen LogP contribution in [0.3, 0.4) is 0 Å². The Kier molecular flexibility index (Phi) is 3.40. The van der Waals surface area contributed by atoms with Gasteiger partial charge in [-0.05, 0) is 0 Å². The molecule has 0 aliphatic rings. The number of nitrogens with one attached hydrogen (secondary N) is 1. The predicted molar refractivity (Wildman–Crippen MR) is 44.1 cm³/mol. The molecule has 0 amide bonds. The topological polar surface area (TPSA) is 59.2 Å². The molecule has 0 aromatic carbocycles. The van der Waals surface area contributed by atoms with Gasteiger partial charge < -0.3 is 9.72 Å². The van der Waals surface area contributed by atoms with E-state index in [1.54, 1.807) is 0 Å². The van der Waals surface area contributed by atoms with E-state index < -0.39 is 35.0 Å². The Balaban J connectivity index is 3.49. The Labute approximate surface area is 94.2 Å². The highest BCUT2D eigenvalue weighted by atomic mass is 19.4. The predicted octanol–water partition coefficient (Wildman–Crippen LogP) is 2.10. The molecule has 0 spiro atoms. The number of carbonyl (C=O) groups excluding carboxylic acids is 1. The number of pyridine rings is 1. The van der Waals surface area contributed by atoms with Crippen molar-refractivity contribution in [3.63, 3.8) is 0 Å². The van der Waals surface area contributed by atoms with Gasteiger partial charge in [-0.3, -0.25) is 9.59 Å². The smallest absolute Gasteiger partial charge is 0.389 e. The standard InChI is InChI=1S/C8H3F6NO3/c9-7(10,11)4-5(17)3(2-16)1-15-6(4)18-8(12,13)14/h1-2H,(H,15,17). The normalized spacial score (nSPS) is 12.3. The van der Waals surface area contributed by atoms with Gasteiger partial charge in [-0.15, -0.1) is 13.2 Å². The van der Waals surface area contributed by atoms with E-state index in [0.29, 0.717) is 6.20 Å². The molecule has 10 heteroatoms. The molecule has 100 valence electrons. The molecule has 0 aliphatic carbocycles. The van der Waals surface area contributed by atoms with E-state index >= 15 is 0 Å². The van der Waals surface area contributed by atoms with Gasteiger partial charge in [0.15, 0.2) is 11.8 Å². The molecule has 4 nitrogen and oxygen atoms in total. The summed E-state index contributed by atoms with van der Waals surface area (Å²) in [7, 11) is 0. The van der Waals surface area contributed by atoms with Gasteiger partial charge in [0.2, 0.25) is 11.3 Å². The van der Waals surface area contributed by atoms with E-state index in [0.717, 1.165) is 0 Å². The van der Waals surface area contributed by atoms with Crippen molar-refractivity contribution in [2.45, 2.75) is 12.5 Å². The summed E-state index contributed by atoms with van der Waals surface area (Å²) in [6.45, 7) is 0. The van der Waals surface area contributed by atoms with Crippen LogP contribution in [-0.4, -0.2) is 17.6 Å². The molecule has 1 aromatic rings. The van der Waals surface area contributed by atoms with E-state index in [2.05, 4.69) is 4.74 Å². The van der Waals surface area contributed by atoms with E-state index in [-0.39, 0.29) is 6.29 Å². The third-order valence-corrected chi connectivity index (χ3v) is 1.70. The molecule has 1 N–H and O–H groups in total. The molecule has 0 radical (unpaired) electrons. The molecule has 0 bridgehead atoms. The lowest BCUT2D eigenvalue weighted by molar-refractivity contribution is -0.278. The second-order valence-electron chi connectivity index (χ2n) is 2.94.